The Morgan fingerprint density at radius 3 is 2.92 bits per heavy atom. The first-order chi connectivity index (χ1) is 5.72. The topological polar surface area (TPSA) is 55.8 Å². The number of carbonyl (C=O) groups is 1. The highest BCUT2D eigenvalue weighted by atomic mass is 16.7. The zero-order valence-corrected chi connectivity index (χ0v) is 6.90. The van der Waals surface area contributed by atoms with E-state index in [2.05, 4.69) is 4.74 Å². The average molecular weight is 172 g/mol. The van der Waals surface area contributed by atoms with Crippen LogP contribution >= 0.6 is 0 Å². The van der Waals surface area contributed by atoms with Crippen molar-refractivity contribution in [1.82, 2.24) is 0 Å². The van der Waals surface area contributed by atoms with Crippen LogP contribution in [0.2, 0.25) is 0 Å². The third-order valence-electron chi connectivity index (χ3n) is 1.53. The molecule has 0 radical (unpaired) electrons. The van der Waals surface area contributed by atoms with Gasteiger partial charge in [0.15, 0.2) is 0 Å². The van der Waals surface area contributed by atoms with Gasteiger partial charge >= 0.3 is 6.16 Å². The molecular weight excluding hydrogens is 160 g/mol. The van der Waals surface area contributed by atoms with Crippen LogP contribution in [0.5, 0.6) is 0 Å². The lowest BCUT2D eigenvalue weighted by Crippen LogP contribution is -2.17. The number of aliphatic hydroxyl groups excluding tert-OH is 1. The summed E-state index contributed by atoms with van der Waals surface area (Å²) in [6, 6.07) is 0. The van der Waals surface area contributed by atoms with Gasteiger partial charge in [0.1, 0.15) is 6.10 Å². The molecule has 4 nitrogen and oxygen atoms in total. The Kier molecular flexibility index (Phi) is 3.10. The van der Waals surface area contributed by atoms with Gasteiger partial charge in [0, 0.05) is 6.42 Å². The van der Waals surface area contributed by atoms with Gasteiger partial charge in [-0.25, -0.2) is 4.79 Å². The number of ether oxygens (including phenoxy) is 2. The molecule has 2 atom stereocenters. The molecule has 0 aromatic heterocycles. The van der Waals surface area contributed by atoms with E-state index >= 15 is 0 Å². The molecule has 0 amide bonds. The number of carbonyl (C=O) groups excluding carboxylic acids is 1. The molecule has 2 unspecified atom stereocenters. The minimum atomic E-state index is -0.679. The normalized spacial score (nSPS) is 27.2. The van der Waals surface area contributed by atoms with Gasteiger partial charge in [0.05, 0.1) is 12.7 Å². The fraction of sp³-hybridized carbons (Fsp3) is 0.625. The van der Waals surface area contributed by atoms with Crippen molar-refractivity contribution in [3.63, 3.8) is 0 Å². The monoisotopic (exact) mass is 172 g/mol. The number of aliphatic hydroxyl groups is 1. The van der Waals surface area contributed by atoms with Crippen molar-refractivity contribution >= 4 is 6.16 Å². The molecule has 1 N–H and O–H groups in total. The fourth-order valence-electron chi connectivity index (χ4n) is 1.01. The summed E-state index contributed by atoms with van der Waals surface area (Å²) in [7, 11) is 0. The van der Waals surface area contributed by atoms with Crippen molar-refractivity contribution in [2.45, 2.75) is 25.6 Å². The average Bonchev–Trinajstić information content (AvgIpc) is 2.36. The molecule has 0 saturated heterocycles. The number of hydrogen-bond donors (Lipinski definition) is 1. The molecule has 0 aromatic rings. The molecule has 0 heterocycles. The minimum Gasteiger partial charge on any atom is -0.435 e. The maximum atomic E-state index is 10.7. The molecule has 0 aliphatic heterocycles. The van der Waals surface area contributed by atoms with Gasteiger partial charge in [-0.15, -0.1) is 0 Å². The van der Waals surface area contributed by atoms with E-state index < -0.39 is 12.3 Å². The summed E-state index contributed by atoms with van der Waals surface area (Å²) in [4.78, 5) is 10.7. The Labute approximate surface area is 70.8 Å². The van der Waals surface area contributed by atoms with Gasteiger partial charge in [-0.1, -0.05) is 6.08 Å². The second kappa shape index (κ2) is 4.11. The maximum absolute atomic E-state index is 10.7. The molecule has 12 heavy (non-hydrogen) atoms. The first-order valence-corrected chi connectivity index (χ1v) is 3.92. The quantitative estimate of drug-likeness (QED) is 0.495. The summed E-state index contributed by atoms with van der Waals surface area (Å²) in [5.74, 6) is 0. The van der Waals surface area contributed by atoms with E-state index in [4.69, 9.17) is 9.84 Å². The van der Waals surface area contributed by atoms with E-state index in [1.807, 2.05) is 0 Å². The van der Waals surface area contributed by atoms with Crippen LogP contribution in [0.3, 0.4) is 0 Å². The Morgan fingerprint density at radius 1 is 1.67 bits per heavy atom. The fourth-order valence-corrected chi connectivity index (χ4v) is 1.01. The summed E-state index contributed by atoms with van der Waals surface area (Å²) in [6.07, 6.45) is 2.18. The van der Waals surface area contributed by atoms with Crippen molar-refractivity contribution in [3.05, 3.63) is 12.2 Å². The molecule has 1 aliphatic rings. The molecule has 0 fully saturated rings. The highest BCUT2D eigenvalue weighted by Gasteiger charge is 2.20. The van der Waals surface area contributed by atoms with Crippen molar-refractivity contribution in [3.8, 4) is 0 Å². The van der Waals surface area contributed by atoms with Gasteiger partial charge in [0.2, 0.25) is 0 Å². The third kappa shape index (κ3) is 2.54. The van der Waals surface area contributed by atoms with Crippen LogP contribution in [-0.4, -0.2) is 30.1 Å². The Bertz CT molecular complexity index is 187. The molecular formula is C8H12O4. The van der Waals surface area contributed by atoms with Crippen LogP contribution in [0.1, 0.15) is 13.3 Å². The predicted molar refractivity (Wildman–Crippen MR) is 41.7 cm³/mol. The molecule has 68 valence electrons. The number of rotatable bonds is 2. The lowest BCUT2D eigenvalue weighted by molar-refractivity contribution is 0.0333. The van der Waals surface area contributed by atoms with E-state index in [1.165, 1.54) is 0 Å². The van der Waals surface area contributed by atoms with Gasteiger partial charge in [0.25, 0.3) is 0 Å². The smallest absolute Gasteiger partial charge is 0.435 e. The van der Waals surface area contributed by atoms with Crippen LogP contribution in [0.4, 0.5) is 4.79 Å². The molecule has 0 spiro atoms. The van der Waals surface area contributed by atoms with E-state index in [0.29, 0.717) is 13.0 Å². The highest BCUT2D eigenvalue weighted by Crippen LogP contribution is 2.14. The van der Waals surface area contributed by atoms with Crippen molar-refractivity contribution < 1.29 is 19.4 Å². The van der Waals surface area contributed by atoms with Crippen LogP contribution in [0, 0.1) is 0 Å². The summed E-state index contributed by atoms with van der Waals surface area (Å²) < 4.78 is 9.38. The first-order valence-electron chi connectivity index (χ1n) is 3.92. The Morgan fingerprint density at radius 2 is 2.42 bits per heavy atom. The largest absolute Gasteiger partial charge is 0.508 e. The SMILES string of the molecule is CCOC(=O)OC1C=CC(O)C1. The van der Waals surface area contributed by atoms with E-state index in [9.17, 15) is 4.79 Å². The summed E-state index contributed by atoms with van der Waals surface area (Å²) in [5, 5.41) is 9.02. The number of hydrogen-bond acceptors (Lipinski definition) is 4. The van der Waals surface area contributed by atoms with Crippen molar-refractivity contribution in [2.24, 2.45) is 0 Å². The van der Waals surface area contributed by atoms with Crippen LogP contribution in [0.25, 0.3) is 0 Å². The lowest BCUT2D eigenvalue weighted by Gasteiger charge is -2.09. The zero-order chi connectivity index (χ0) is 8.97. The van der Waals surface area contributed by atoms with Gasteiger partial charge in [-0.05, 0) is 13.0 Å². The van der Waals surface area contributed by atoms with Gasteiger partial charge < -0.3 is 14.6 Å². The van der Waals surface area contributed by atoms with Gasteiger partial charge in [-0.2, -0.15) is 0 Å². The molecule has 0 bridgehead atoms. The summed E-state index contributed by atoms with van der Waals surface area (Å²) >= 11 is 0. The predicted octanol–water partition coefficient (Wildman–Crippen LogP) is 0.849. The van der Waals surface area contributed by atoms with Crippen molar-refractivity contribution in [2.75, 3.05) is 6.61 Å². The first kappa shape index (κ1) is 9.06. The second-order valence-electron chi connectivity index (χ2n) is 2.53. The summed E-state index contributed by atoms with van der Waals surface area (Å²) in [6.45, 7) is 2.01. The van der Waals surface area contributed by atoms with Crippen LogP contribution in [0.15, 0.2) is 12.2 Å². The Balaban J connectivity index is 2.24. The molecule has 1 rings (SSSR count). The van der Waals surface area contributed by atoms with E-state index in [0.717, 1.165) is 0 Å². The standard InChI is InChI=1S/C8H12O4/c1-2-11-8(10)12-7-4-3-6(9)5-7/h3-4,6-7,9H,2,5H2,1H3. The van der Waals surface area contributed by atoms with Crippen LogP contribution in [-0.2, 0) is 9.47 Å². The molecule has 1 aliphatic carbocycles. The highest BCUT2D eigenvalue weighted by molar-refractivity contribution is 5.60. The molecule has 0 saturated carbocycles. The minimum absolute atomic E-state index is 0.303. The summed E-state index contributed by atoms with van der Waals surface area (Å²) in [5.41, 5.74) is 0. The van der Waals surface area contributed by atoms with E-state index in [-0.39, 0.29) is 6.10 Å². The van der Waals surface area contributed by atoms with E-state index in [1.54, 1.807) is 19.1 Å². The van der Waals surface area contributed by atoms with Crippen LogP contribution < -0.4 is 0 Å². The Hall–Kier alpha value is -1.03. The van der Waals surface area contributed by atoms with Gasteiger partial charge in [-0.3, -0.25) is 0 Å². The second-order valence-corrected chi connectivity index (χ2v) is 2.53. The maximum Gasteiger partial charge on any atom is 0.508 e. The molecule has 0 aromatic carbocycles. The molecule has 4 heteroatoms. The lowest BCUT2D eigenvalue weighted by atomic mass is 10.3. The zero-order valence-electron chi connectivity index (χ0n) is 6.90. The van der Waals surface area contributed by atoms with Crippen molar-refractivity contribution in [1.29, 1.82) is 0 Å². The third-order valence-corrected chi connectivity index (χ3v) is 1.53.